The Balaban J connectivity index is 2.02. The molecule has 1 heterocycles. The van der Waals surface area contributed by atoms with E-state index in [1.807, 2.05) is 18.2 Å². The summed E-state index contributed by atoms with van der Waals surface area (Å²) in [7, 11) is 0. The van der Waals surface area contributed by atoms with E-state index in [0.717, 1.165) is 48.1 Å². The van der Waals surface area contributed by atoms with Crippen LogP contribution in [0.4, 0.5) is 0 Å². The number of benzene rings is 1. The predicted octanol–water partition coefficient (Wildman–Crippen LogP) is 3.95. The molecule has 0 bridgehead atoms. The van der Waals surface area contributed by atoms with Gasteiger partial charge in [0, 0.05) is 16.8 Å². The summed E-state index contributed by atoms with van der Waals surface area (Å²) >= 11 is 1.34. The summed E-state index contributed by atoms with van der Waals surface area (Å²) in [5.74, 6) is -0.686. The number of carbonyl (C=O) groups is 1. The molecule has 0 unspecified atom stereocenters. The normalized spacial score (nSPS) is 20.8. The SMILES string of the molecule is O=C(O)C1(c2ccc3c(c2)SN=NC3)CCCCC1. The van der Waals surface area contributed by atoms with E-state index in [1.165, 1.54) is 11.9 Å². The third-order valence-corrected chi connectivity index (χ3v) is 4.95. The Bertz CT molecular complexity index is 536. The van der Waals surface area contributed by atoms with Crippen molar-refractivity contribution in [2.45, 2.75) is 49.0 Å². The smallest absolute Gasteiger partial charge is 0.314 e. The van der Waals surface area contributed by atoms with Gasteiger partial charge in [0.2, 0.25) is 0 Å². The van der Waals surface area contributed by atoms with Gasteiger partial charge in [-0.1, -0.05) is 31.4 Å². The van der Waals surface area contributed by atoms with Gasteiger partial charge < -0.3 is 5.11 Å². The maximum atomic E-state index is 11.8. The lowest BCUT2D eigenvalue weighted by Gasteiger charge is -2.34. The van der Waals surface area contributed by atoms with Crippen LogP contribution in [-0.4, -0.2) is 11.1 Å². The molecule has 1 N–H and O–H groups in total. The lowest BCUT2D eigenvalue weighted by Crippen LogP contribution is -2.37. The first-order chi connectivity index (χ1) is 9.22. The molecular formula is C14H16N2O2S. The zero-order valence-electron chi connectivity index (χ0n) is 10.6. The Morgan fingerprint density at radius 1 is 1.26 bits per heavy atom. The molecule has 3 rings (SSSR count). The van der Waals surface area contributed by atoms with Crippen LogP contribution in [0.2, 0.25) is 0 Å². The van der Waals surface area contributed by atoms with E-state index in [1.54, 1.807) is 0 Å². The molecule has 1 aliphatic heterocycles. The van der Waals surface area contributed by atoms with E-state index in [-0.39, 0.29) is 0 Å². The van der Waals surface area contributed by atoms with Gasteiger partial charge in [0.1, 0.15) is 0 Å². The number of aliphatic carboxylic acids is 1. The molecule has 1 aliphatic carbocycles. The third-order valence-electron chi connectivity index (χ3n) is 4.17. The molecule has 1 aromatic rings. The molecule has 0 saturated heterocycles. The monoisotopic (exact) mass is 276 g/mol. The van der Waals surface area contributed by atoms with E-state index in [4.69, 9.17) is 0 Å². The summed E-state index contributed by atoms with van der Waals surface area (Å²) in [6.07, 6.45) is 4.62. The molecule has 0 amide bonds. The van der Waals surface area contributed by atoms with Gasteiger partial charge in [0.25, 0.3) is 0 Å². The van der Waals surface area contributed by atoms with Crippen LogP contribution in [0.15, 0.2) is 32.7 Å². The Morgan fingerprint density at radius 3 is 2.79 bits per heavy atom. The van der Waals surface area contributed by atoms with Crippen LogP contribution in [0.3, 0.4) is 0 Å². The third kappa shape index (κ3) is 2.16. The van der Waals surface area contributed by atoms with Crippen LogP contribution >= 0.6 is 11.9 Å². The lowest BCUT2D eigenvalue weighted by molar-refractivity contribution is -0.145. The predicted molar refractivity (Wildman–Crippen MR) is 73.3 cm³/mol. The molecule has 100 valence electrons. The molecule has 0 radical (unpaired) electrons. The number of carboxylic acids is 1. The number of nitrogens with zero attached hydrogens (tertiary/aromatic N) is 2. The van der Waals surface area contributed by atoms with Crippen molar-refractivity contribution in [1.82, 2.24) is 0 Å². The van der Waals surface area contributed by atoms with Gasteiger partial charge in [-0.15, -0.1) is 4.52 Å². The lowest BCUT2D eigenvalue weighted by atomic mass is 9.69. The topological polar surface area (TPSA) is 62.0 Å². The Labute approximate surface area is 116 Å². The number of rotatable bonds is 2. The average molecular weight is 276 g/mol. The maximum Gasteiger partial charge on any atom is 0.314 e. The van der Waals surface area contributed by atoms with Crippen LogP contribution < -0.4 is 0 Å². The molecule has 2 aliphatic rings. The molecule has 4 nitrogen and oxygen atoms in total. The minimum Gasteiger partial charge on any atom is -0.481 e. The van der Waals surface area contributed by atoms with E-state index in [9.17, 15) is 9.90 Å². The van der Waals surface area contributed by atoms with Crippen LogP contribution in [0.1, 0.15) is 43.2 Å². The van der Waals surface area contributed by atoms with Crippen LogP contribution in [-0.2, 0) is 16.8 Å². The van der Waals surface area contributed by atoms with E-state index in [2.05, 4.69) is 9.63 Å². The molecular weight excluding hydrogens is 260 g/mol. The van der Waals surface area contributed by atoms with Crippen molar-refractivity contribution >= 4 is 17.9 Å². The summed E-state index contributed by atoms with van der Waals surface area (Å²) in [5, 5.41) is 13.7. The number of fused-ring (bicyclic) bond motifs is 1. The van der Waals surface area contributed by atoms with Crippen LogP contribution in [0.5, 0.6) is 0 Å². The molecule has 1 aromatic carbocycles. The summed E-state index contributed by atoms with van der Waals surface area (Å²) in [4.78, 5) is 12.9. The maximum absolute atomic E-state index is 11.8. The molecule has 0 spiro atoms. The highest BCUT2D eigenvalue weighted by atomic mass is 32.2. The average Bonchev–Trinajstić information content (AvgIpc) is 2.47. The van der Waals surface area contributed by atoms with Crippen molar-refractivity contribution in [3.05, 3.63) is 29.3 Å². The van der Waals surface area contributed by atoms with Gasteiger partial charge in [0.15, 0.2) is 0 Å². The number of carboxylic acid groups (broad SMARTS) is 1. The Hall–Kier alpha value is -1.36. The van der Waals surface area contributed by atoms with Crippen molar-refractivity contribution in [3.63, 3.8) is 0 Å². The van der Waals surface area contributed by atoms with Gasteiger partial charge in [-0.05, 0) is 30.0 Å². The van der Waals surface area contributed by atoms with Crippen molar-refractivity contribution in [1.29, 1.82) is 0 Å². The first-order valence-electron chi connectivity index (χ1n) is 6.63. The van der Waals surface area contributed by atoms with Crippen molar-refractivity contribution in [3.8, 4) is 0 Å². The summed E-state index contributed by atoms with van der Waals surface area (Å²) in [5.41, 5.74) is 1.38. The second-order valence-corrected chi connectivity index (χ2v) is 6.03. The van der Waals surface area contributed by atoms with E-state index < -0.39 is 11.4 Å². The highest BCUT2D eigenvalue weighted by Crippen LogP contribution is 2.42. The zero-order valence-corrected chi connectivity index (χ0v) is 11.4. The minimum atomic E-state index is -0.692. The minimum absolute atomic E-state index is 0.600. The molecule has 19 heavy (non-hydrogen) atoms. The van der Waals surface area contributed by atoms with Crippen molar-refractivity contribution < 1.29 is 9.90 Å². The summed E-state index contributed by atoms with van der Waals surface area (Å²) in [6, 6.07) is 5.99. The second-order valence-electron chi connectivity index (χ2n) is 5.24. The quantitative estimate of drug-likeness (QED) is 0.832. The molecule has 5 heteroatoms. The number of hydrogen-bond acceptors (Lipinski definition) is 4. The van der Waals surface area contributed by atoms with Gasteiger partial charge in [-0.2, -0.15) is 5.11 Å². The molecule has 1 saturated carbocycles. The summed E-state index contributed by atoms with van der Waals surface area (Å²) < 4.78 is 3.97. The largest absolute Gasteiger partial charge is 0.481 e. The van der Waals surface area contributed by atoms with E-state index >= 15 is 0 Å². The van der Waals surface area contributed by atoms with Crippen molar-refractivity contribution in [2.75, 3.05) is 0 Å². The van der Waals surface area contributed by atoms with Crippen LogP contribution in [0, 0.1) is 0 Å². The fourth-order valence-corrected chi connectivity index (χ4v) is 3.66. The highest BCUT2D eigenvalue weighted by Gasteiger charge is 2.41. The molecule has 0 aromatic heterocycles. The summed E-state index contributed by atoms with van der Waals surface area (Å²) in [6.45, 7) is 0.600. The Morgan fingerprint density at radius 2 is 2.05 bits per heavy atom. The molecule has 0 atom stereocenters. The fraction of sp³-hybridized carbons (Fsp3) is 0.500. The second kappa shape index (κ2) is 4.96. The van der Waals surface area contributed by atoms with Crippen molar-refractivity contribution in [2.24, 2.45) is 9.63 Å². The zero-order chi connectivity index (χ0) is 13.3. The fourth-order valence-electron chi connectivity index (χ4n) is 3.03. The highest BCUT2D eigenvalue weighted by molar-refractivity contribution is 7.98. The van der Waals surface area contributed by atoms with Gasteiger partial charge >= 0.3 is 5.97 Å². The molecule has 1 fully saturated rings. The first-order valence-corrected chi connectivity index (χ1v) is 7.40. The van der Waals surface area contributed by atoms with Gasteiger partial charge in [-0.3, -0.25) is 4.79 Å². The van der Waals surface area contributed by atoms with Gasteiger partial charge in [-0.25, -0.2) is 0 Å². The van der Waals surface area contributed by atoms with Crippen LogP contribution in [0.25, 0.3) is 0 Å². The first kappa shape index (κ1) is 12.7. The van der Waals surface area contributed by atoms with E-state index in [0.29, 0.717) is 6.54 Å². The number of hydrogen-bond donors (Lipinski definition) is 1. The standard InChI is InChI=1S/C14H16N2O2S/c17-13(18)14(6-2-1-3-7-14)11-5-4-10-9-15-16-19-12(10)8-11/h4-5,8H,1-3,6-7,9H2,(H,17,18). The van der Waals surface area contributed by atoms with Gasteiger partial charge in [0.05, 0.1) is 12.0 Å². The Kier molecular flexibility index (Phi) is 3.31.